The van der Waals surface area contributed by atoms with Crippen LogP contribution in [0, 0.1) is 18.7 Å². The molecule has 0 aliphatic carbocycles. The molecule has 0 spiro atoms. The third kappa shape index (κ3) is 2.96. The number of hydrazine groups is 1. The molecule has 1 aromatic heterocycles. The molecule has 0 radical (unpaired) electrons. The van der Waals surface area contributed by atoms with E-state index >= 15 is 0 Å². The first-order valence-electron chi connectivity index (χ1n) is 6.67. The summed E-state index contributed by atoms with van der Waals surface area (Å²) >= 11 is 0. The molecule has 1 aromatic carbocycles. The molecule has 1 atom stereocenters. The van der Waals surface area contributed by atoms with Crippen LogP contribution in [0.25, 0.3) is 11.0 Å². The van der Waals surface area contributed by atoms with Gasteiger partial charge in [-0.05, 0) is 43.9 Å². The Hall–Kier alpha value is -1.39. The molecule has 104 valence electrons. The van der Waals surface area contributed by atoms with Crippen LogP contribution in [0.5, 0.6) is 0 Å². The van der Waals surface area contributed by atoms with Gasteiger partial charge in [0.05, 0.1) is 6.04 Å². The maximum absolute atomic E-state index is 13.3. The molecule has 2 aromatic rings. The molecule has 0 saturated heterocycles. The van der Waals surface area contributed by atoms with Gasteiger partial charge in [-0.25, -0.2) is 9.82 Å². The average molecular weight is 264 g/mol. The van der Waals surface area contributed by atoms with Gasteiger partial charge in [-0.15, -0.1) is 0 Å². The van der Waals surface area contributed by atoms with E-state index in [-0.39, 0.29) is 11.9 Å². The fraction of sp³-hybridized carbons (Fsp3) is 0.467. The van der Waals surface area contributed by atoms with Crippen LogP contribution in [0.4, 0.5) is 4.39 Å². The molecular formula is C15H21FN2O. The van der Waals surface area contributed by atoms with Crippen molar-refractivity contribution in [3.05, 3.63) is 35.3 Å². The van der Waals surface area contributed by atoms with Crippen molar-refractivity contribution in [3.8, 4) is 0 Å². The molecule has 0 saturated carbocycles. The maximum atomic E-state index is 13.3. The number of fused-ring (bicyclic) bond motifs is 1. The summed E-state index contributed by atoms with van der Waals surface area (Å²) in [5.41, 5.74) is 4.47. The zero-order chi connectivity index (χ0) is 14.0. The van der Waals surface area contributed by atoms with Gasteiger partial charge in [0.2, 0.25) is 0 Å². The van der Waals surface area contributed by atoms with E-state index in [4.69, 9.17) is 10.3 Å². The van der Waals surface area contributed by atoms with Gasteiger partial charge < -0.3 is 4.42 Å². The smallest absolute Gasteiger partial charge is 0.134 e. The summed E-state index contributed by atoms with van der Waals surface area (Å²) in [6.45, 7) is 6.29. The van der Waals surface area contributed by atoms with Crippen LogP contribution in [0.15, 0.2) is 22.6 Å². The monoisotopic (exact) mass is 264 g/mol. The average Bonchev–Trinajstić information content (AvgIpc) is 2.68. The van der Waals surface area contributed by atoms with E-state index in [0.29, 0.717) is 11.5 Å². The van der Waals surface area contributed by atoms with Crippen LogP contribution >= 0.6 is 0 Å². The second kappa shape index (κ2) is 5.72. The standard InChI is InChI=1S/C15H21FN2O/c1-9(2)4-6-13(18-17)15-10(3)12-8-11(16)5-7-14(12)19-15/h5,7-9,13,18H,4,6,17H2,1-3H3. The number of nitrogens with two attached hydrogens (primary N) is 1. The number of benzene rings is 1. The zero-order valence-corrected chi connectivity index (χ0v) is 11.7. The van der Waals surface area contributed by atoms with Crippen molar-refractivity contribution in [2.75, 3.05) is 0 Å². The van der Waals surface area contributed by atoms with Crippen LogP contribution in [0.1, 0.15) is 44.1 Å². The highest BCUT2D eigenvalue weighted by Crippen LogP contribution is 2.32. The molecular weight excluding hydrogens is 243 g/mol. The Labute approximate surface area is 112 Å². The van der Waals surface area contributed by atoms with Gasteiger partial charge in [-0.1, -0.05) is 13.8 Å². The minimum atomic E-state index is -0.248. The molecule has 2 rings (SSSR count). The maximum Gasteiger partial charge on any atom is 0.134 e. The predicted octanol–water partition coefficient (Wildman–Crippen LogP) is 3.82. The lowest BCUT2D eigenvalue weighted by Gasteiger charge is -2.15. The topological polar surface area (TPSA) is 51.2 Å². The third-order valence-corrected chi connectivity index (χ3v) is 3.49. The van der Waals surface area contributed by atoms with Gasteiger partial charge in [0.15, 0.2) is 0 Å². The first-order valence-corrected chi connectivity index (χ1v) is 6.67. The number of furan rings is 1. The number of hydrogen-bond donors (Lipinski definition) is 2. The highest BCUT2D eigenvalue weighted by atomic mass is 19.1. The summed E-state index contributed by atoms with van der Waals surface area (Å²) in [6, 6.07) is 4.55. The molecule has 19 heavy (non-hydrogen) atoms. The molecule has 4 heteroatoms. The number of nitrogens with one attached hydrogen (secondary N) is 1. The molecule has 0 amide bonds. The number of halogens is 1. The molecule has 0 bridgehead atoms. The summed E-state index contributed by atoms with van der Waals surface area (Å²) in [5.74, 6) is 6.80. The van der Waals surface area contributed by atoms with Crippen molar-refractivity contribution in [2.24, 2.45) is 11.8 Å². The third-order valence-electron chi connectivity index (χ3n) is 3.49. The Balaban J connectivity index is 2.34. The van der Waals surface area contributed by atoms with Crippen molar-refractivity contribution in [1.29, 1.82) is 0 Å². The van der Waals surface area contributed by atoms with E-state index in [2.05, 4.69) is 19.3 Å². The van der Waals surface area contributed by atoms with Crippen molar-refractivity contribution in [3.63, 3.8) is 0 Å². The zero-order valence-electron chi connectivity index (χ0n) is 11.7. The Morgan fingerprint density at radius 3 is 2.68 bits per heavy atom. The molecule has 0 fully saturated rings. The lowest BCUT2D eigenvalue weighted by atomic mass is 10.00. The van der Waals surface area contributed by atoms with Crippen LogP contribution < -0.4 is 11.3 Å². The Morgan fingerprint density at radius 1 is 1.32 bits per heavy atom. The van der Waals surface area contributed by atoms with E-state index in [1.165, 1.54) is 12.1 Å². The van der Waals surface area contributed by atoms with Crippen molar-refractivity contribution < 1.29 is 8.81 Å². The van der Waals surface area contributed by atoms with E-state index in [9.17, 15) is 4.39 Å². The Kier molecular flexibility index (Phi) is 4.22. The van der Waals surface area contributed by atoms with Crippen LogP contribution in [-0.2, 0) is 0 Å². The van der Waals surface area contributed by atoms with Gasteiger partial charge in [0.25, 0.3) is 0 Å². The second-order valence-electron chi connectivity index (χ2n) is 5.42. The molecule has 3 nitrogen and oxygen atoms in total. The minimum absolute atomic E-state index is 0.0298. The van der Waals surface area contributed by atoms with E-state index in [1.807, 2.05) is 6.92 Å². The molecule has 0 aliphatic heterocycles. The summed E-state index contributed by atoms with van der Waals surface area (Å²) in [7, 11) is 0. The Morgan fingerprint density at radius 2 is 2.05 bits per heavy atom. The largest absolute Gasteiger partial charge is 0.459 e. The summed E-state index contributed by atoms with van der Waals surface area (Å²) < 4.78 is 19.1. The van der Waals surface area contributed by atoms with E-state index in [0.717, 1.165) is 29.6 Å². The fourth-order valence-corrected chi connectivity index (χ4v) is 2.33. The first kappa shape index (κ1) is 14.0. The van der Waals surface area contributed by atoms with Crippen molar-refractivity contribution in [2.45, 2.75) is 39.7 Å². The van der Waals surface area contributed by atoms with Crippen molar-refractivity contribution in [1.82, 2.24) is 5.43 Å². The van der Waals surface area contributed by atoms with Gasteiger partial charge >= 0.3 is 0 Å². The first-order chi connectivity index (χ1) is 9.02. The number of hydrogen-bond acceptors (Lipinski definition) is 3. The van der Waals surface area contributed by atoms with E-state index in [1.54, 1.807) is 6.07 Å². The number of aryl methyl sites for hydroxylation is 1. The normalized spacial score (nSPS) is 13.4. The fourth-order valence-electron chi connectivity index (χ4n) is 2.33. The minimum Gasteiger partial charge on any atom is -0.459 e. The summed E-state index contributed by atoms with van der Waals surface area (Å²) in [6.07, 6.45) is 1.96. The molecule has 0 aliphatic rings. The predicted molar refractivity (Wildman–Crippen MR) is 75.0 cm³/mol. The Bertz CT molecular complexity index is 563. The van der Waals surface area contributed by atoms with Crippen LogP contribution in [0.3, 0.4) is 0 Å². The highest BCUT2D eigenvalue weighted by Gasteiger charge is 2.19. The van der Waals surface area contributed by atoms with Gasteiger partial charge in [0.1, 0.15) is 17.2 Å². The molecule has 1 unspecified atom stereocenters. The number of rotatable bonds is 5. The molecule has 1 heterocycles. The van der Waals surface area contributed by atoms with Gasteiger partial charge in [0, 0.05) is 10.9 Å². The highest BCUT2D eigenvalue weighted by molar-refractivity contribution is 5.82. The van der Waals surface area contributed by atoms with Crippen molar-refractivity contribution >= 4 is 11.0 Å². The van der Waals surface area contributed by atoms with Crippen LogP contribution in [-0.4, -0.2) is 0 Å². The van der Waals surface area contributed by atoms with Crippen LogP contribution in [0.2, 0.25) is 0 Å². The van der Waals surface area contributed by atoms with E-state index < -0.39 is 0 Å². The van der Waals surface area contributed by atoms with Gasteiger partial charge in [-0.2, -0.15) is 0 Å². The lowest BCUT2D eigenvalue weighted by Crippen LogP contribution is -2.28. The van der Waals surface area contributed by atoms with Gasteiger partial charge in [-0.3, -0.25) is 5.84 Å². The SMILES string of the molecule is Cc1c(C(CCC(C)C)NN)oc2ccc(F)cc12. The quantitative estimate of drug-likeness (QED) is 0.637. The second-order valence-corrected chi connectivity index (χ2v) is 5.42. The lowest BCUT2D eigenvalue weighted by molar-refractivity contribution is 0.385. The summed E-state index contributed by atoms with van der Waals surface area (Å²) in [4.78, 5) is 0. The summed E-state index contributed by atoms with van der Waals surface area (Å²) in [5, 5.41) is 0.819. The molecule has 3 N–H and O–H groups in total.